The number of β-lactam (4-membered cyclic amide) rings is 1. The van der Waals surface area contributed by atoms with E-state index >= 15 is 0 Å². The topological polar surface area (TPSA) is 125 Å². The van der Waals surface area contributed by atoms with Gasteiger partial charge < -0.3 is 29.0 Å². The molecule has 0 aromatic heterocycles. The van der Waals surface area contributed by atoms with Gasteiger partial charge in [-0.05, 0) is 48.9 Å². The minimum atomic E-state index is -0.945. The van der Waals surface area contributed by atoms with Crippen LogP contribution in [-0.4, -0.2) is 56.8 Å². The third-order valence-electron chi connectivity index (χ3n) is 6.15. The van der Waals surface area contributed by atoms with Gasteiger partial charge in [0, 0.05) is 18.7 Å². The number of benzene rings is 3. The van der Waals surface area contributed by atoms with Crippen LogP contribution in [0.2, 0.25) is 0 Å². The maximum absolute atomic E-state index is 13.4. The lowest BCUT2D eigenvalue weighted by Gasteiger charge is -2.46. The molecular formula is C29H31N3O8. The molecule has 3 amide bonds. The molecule has 11 nitrogen and oxygen atoms in total. The molecule has 1 aliphatic heterocycles. The molecule has 3 aromatic rings. The van der Waals surface area contributed by atoms with Gasteiger partial charge in [0.15, 0.2) is 11.5 Å². The lowest BCUT2D eigenvalue weighted by Crippen LogP contribution is -2.67. The highest BCUT2D eigenvalue weighted by atomic mass is 16.5. The highest BCUT2D eigenvalue weighted by molar-refractivity contribution is 6.00. The molecule has 3 aromatic carbocycles. The molecular weight excluding hydrogens is 518 g/mol. The fourth-order valence-corrected chi connectivity index (χ4v) is 4.38. The SMILES string of the molecule is CCOc1cc(NC(C)=O)ccc1C(=O)NN1C(=O)C(Oc2ccccc2)C1c1cc(OC)c(OC)c(OC)c1. The predicted octanol–water partition coefficient (Wildman–Crippen LogP) is 3.75. The van der Waals surface area contributed by atoms with Crippen LogP contribution in [0.4, 0.5) is 5.69 Å². The van der Waals surface area contributed by atoms with Crippen LogP contribution >= 0.6 is 0 Å². The number of hydrazine groups is 1. The van der Waals surface area contributed by atoms with Crippen LogP contribution in [0, 0.1) is 0 Å². The van der Waals surface area contributed by atoms with Crippen LogP contribution < -0.4 is 34.4 Å². The quantitative estimate of drug-likeness (QED) is 0.347. The summed E-state index contributed by atoms with van der Waals surface area (Å²) in [5.74, 6) is 0.600. The summed E-state index contributed by atoms with van der Waals surface area (Å²) >= 11 is 0. The molecule has 0 bridgehead atoms. The first kappa shape index (κ1) is 28.1. The van der Waals surface area contributed by atoms with Gasteiger partial charge in [-0.3, -0.25) is 19.8 Å². The smallest absolute Gasteiger partial charge is 0.285 e. The van der Waals surface area contributed by atoms with Crippen molar-refractivity contribution in [2.24, 2.45) is 0 Å². The Bertz CT molecular complexity index is 1370. The zero-order chi connectivity index (χ0) is 28.8. The van der Waals surface area contributed by atoms with Crippen LogP contribution in [0.5, 0.6) is 28.7 Å². The molecule has 1 saturated heterocycles. The number of carbonyl (C=O) groups is 3. The Kier molecular flexibility index (Phi) is 8.63. The fourth-order valence-electron chi connectivity index (χ4n) is 4.38. The Labute approximate surface area is 231 Å². The van der Waals surface area contributed by atoms with E-state index in [-0.39, 0.29) is 23.8 Å². The minimum Gasteiger partial charge on any atom is -0.493 e. The molecule has 0 aliphatic carbocycles. The van der Waals surface area contributed by atoms with Crippen molar-refractivity contribution in [3.05, 3.63) is 71.8 Å². The normalized spacial score (nSPS) is 15.9. The zero-order valence-corrected chi connectivity index (χ0v) is 22.8. The highest BCUT2D eigenvalue weighted by Crippen LogP contribution is 2.44. The number of anilines is 1. The van der Waals surface area contributed by atoms with E-state index in [0.717, 1.165) is 0 Å². The van der Waals surface area contributed by atoms with E-state index in [9.17, 15) is 14.4 Å². The maximum Gasteiger partial charge on any atom is 0.285 e. The summed E-state index contributed by atoms with van der Waals surface area (Å²) in [7, 11) is 4.47. The standard InChI is InChI=1S/C29H31N3O8/c1-6-39-22-16-19(30-17(2)33)12-13-21(22)28(34)31-32-25(27(29(32)35)40-20-10-8-7-9-11-20)18-14-23(36-3)26(38-5)24(15-18)37-4/h7-16,25,27H,6H2,1-5H3,(H,30,33)(H,31,34). The van der Waals surface area contributed by atoms with E-state index in [1.807, 2.05) is 6.07 Å². The van der Waals surface area contributed by atoms with E-state index in [2.05, 4.69) is 10.7 Å². The number of para-hydroxylation sites is 1. The van der Waals surface area contributed by atoms with Crippen molar-refractivity contribution in [1.82, 2.24) is 10.4 Å². The minimum absolute atomic E-state index is 0.180. The number of carbonyl (C=O) groups excluding carboxylic acids is 3. The molecule has 40 heavy (non-hydrogen) atoms. The van der Waals surface area contributed by atoms with Crippen LogP contribution in [0.1, 0.15) is 35.8 Å². The second kappa shape index (κ2) is 12.3. The van der Waals surface area contributed by atoms with Gasteiger partial charge in [0.25, 0.3) is 11.8 Å². The van der Waals surface area contributed by atoms with Crippen molar-refractivity contribution in [3.63, 3.8) is 0 Å². The fraction of sp³-hybridized carbons (Fsp3) is 0.276. The van der Waals surface area contributed by atoms with Gasteiger partial charge in [-0.15, -0.1) is 0 Å². The van der Waals surface area contributed by atoms with Crippen molar-refractivity contribution < 1.29 is 38.1 Å². The van der Waals surface area contributed by atoms with Gasteiger partial charge in [-0.2, -0.15) is 0 Å². The molecule has 1 heterocycles. The number of nitrogens with one attached hydrogen (secondary N) is 2. The first-order valence-corrected chi connectivity index (χ1v) is 12.5. The summed E-state index contributed by atoms with van der Waals surface area (Å²) in [6.07, 6.45) is -0.945. The Morgan fingerprint density at radius 3 is 2.15 bits per heavy atom. The predicted molar refractivity (Wildman–Crippen MR) is 146 cm³/mol. The lowest BCUT2D eigenvalue weighted by molar-refractivity contribution is -0.169. The summed E-state index contributed by atoms with van der Waals surface area (Å²) in [5, 5.41) is 3.87. The van der Waals surface area contributed by atoms with Crippen LogP contribution in [0.15, 0.2) is 60.7 Å². The number of methoxy groups -OCH3 is 3. The van der Waals surface area contributed by atoms with Crippen molar-refractivity contribution in [2.45, 2.75) is 26.0 Å². The number of rotatable bonds is 11. The second-order valence-electron chi connectivity index (χ2n) is 8.73. The molecule has 2 atom stereocenters. The average molecular weight is 550 g/mol. The highest BCUT2D eigenvalue weighted by Gasteiger charge is 2.52. The zero-order valence-electron chi connectivity index (χ0n) is 22.8. The van der Waals surface area contributed by atoms with Gasteiger partial charge in [-0.25, -0.2) is 5.01 Å². The summed E-state index contributed by atoms with van der Waals surface area (Å²) in [6.45, 7) is 3.44. The Morgan fingerprint density at radius 2 is 1.57 bits per heavy atom. The van der Waals surface area contributed by atoms with Crippen molar-refractivity contribution in [3.8, 4) is 28.7 Å². The molecule has 11 heteroatoms. The molecule has 1 fully saturated rings. The molecule has 210 valence electrons. The van der Waals surface area contributed by atoms with E-state index in [4.69, 9.17) is 23.7 Å². The number of amides is 3. The number of ether oxygens (including phenoxy) is 5. The third kappa shape index (κ3) is 5.73. The van der Waals surface area contributed by atoms with Crippen LogP contribution in [-0.2, 0) is 9.59 Å². The third-order valence-corrected chi connectivity index (χ3v) is 6.15. The number of hydrogen-bond donors (Lipinski definition) is 2. The summed E-state index contributed by atoms with van der Waals surface area (Å²) in [5.41, 5.74) is 3.93. The number of hydrogen-bond acceptors (Lipinski definition) is 8. The van der Waals surface area contributed by atoms with Crippen LogP contribution in [0.3, 0.4) is 0 Å². The number of nitrogens with zero attached hydrogens (tertiary/aromatic N) is 1. The van der Waals surface area contributed by atoms with Crippen molar-refractivity contribution >= 4 is 23.4 Å². The molecule has 4 rings (SSSR count). The van der Waals surface area contributed by atoms with Gasteiger partial charge in [0.1, 0.15) is 17.5 Å². The summed E-state index contributed by atoms with van der Waals surface area (Å²) in [6, 6.07) is 16.2. The largest absolute Gasteiger partial charge is 0.493 e. The lowest BCUT2D eigenvalue weighted by atomic mass is 9.91. The summed E-state index contributed by atoms with van der Waals surface area (Å²) in [4.78, 5) is 38.3. The summed E-state index contributed by atoms with van der Waals surface area (Å²) < 4.78 is 28.1. The molecule has 1 aliphatic rings. The Morgan fingerprint density at radius 1 is 0.900 bits per heavy atom. The molecule has 0 saturated carbocycles. The monoisotopic (exact) mass is 549 g/mol. The first-order chi connectivity index (χ1) is 19.3. The Hall–Kier alpha value is -4.93. The van der Waals surface area contributed by atoms with Gasteiger partial charge >= 0.3 is 0 Å². The van der Waals surface area contributed by atoms with E-state index in [1.54, 1.807) is 55.5 Å². The Balaban J connectivity index is 1.69. The van der Waals surface area contributed by atoms with Crippen molar-refractivity contribution in [1.29, 1.82) is 0 Å². The average Bonchev–Trinajstić information content (AvgIpc) is 2.95. The molecule has 2 unspecified atom stereocenters. The van der Waals surface area contributed by atoms with E-state index in [1.165, 1.54) is 39.3 Å². The first-order valence-electron chi connectivity index (χ1n) is 12.5. The maximum atomic E-state index is 13.4. The molecule has 0 radical (unpaired) electrons. The molecule has 2 N–H and O–H groups in total. The van der Waals surface area contributed by atoms with Crippen LogP contribution in [0.25, 0.3) is 0 Å². The van der Waals surface area contributed by atoms with Gasteiger partial charge in [0.2, 0.25) is 17.8 Å². The van der Waals surface area contributed by atoms with Gasteiger partial charge in [-0.1, -0.05) is 18.2 Å². The second-order valence-corrected chi connectivity index (χ2v) is 8.73. The van der Waals surface area contributed by atoms with E-state index in [0.29, 0.717) is 34.2 Å². The van der Waals surface area contributed by atoms with Crippen molar-refractivity contribution in [2.75, 3.05) is 33.3 Å². The van der Waals surface area contributed by atoms with E-state index < -0.39 is 24.0 Å². The molecule has 0 spiro atoms. The van der Waals surface area contributed by atoms with Gasteiger partial charge in [0.05, 0.1) is 33.5 Å².